The summed E-state index contributed by atoms with van der Waals surface area (Å²) in [7, 11) is -3.49. The first-order valence-corrected chi connectivity index (χ1v) is 10.5. The van der Waals surface area contributed by atoms with Gasteiger partial charge in [-0.3, -0.25) is 4.98 Å². The average molecular weight is 382 g/mol. The highest BCUT2D eigenvalue weighted by molar-refractivity contribution is 7.89. The van der Waals surface area contributed by atoms with Crippen molar-refractivity contribution in [2.24, 2.45) is 0 Å². The number of imidazole rings is 1. The Balaban J connectivity index is 1.66. The third kappa shape index (κ3) is 3.40. The molecule has 1 aliphatic rings. The van der Waals surface area contributed by atoms with Crippen molar-refractivity contribution in [1.82, 2.24) is 18.8 Å². The van der Waals surface area contributed by atoms with Gasteiger partial charge in [0.25, 0.3) is 0 Å². The van der Waals surface area contributed by atoms with Crippen LogP contribution in [0.2, 0.25) is 0 Å². The molecular weight excluding hydrogens is 360 g/mol. The van der Waals surface area contributed by atoms with Gasteiger partial charge in [-0.15, -0.1) is 0 Å². The lowest BCUT2D eigenvalue weighted by Gasteiger charge is -2.34. The Morgan fingerprint density at radius 2 is 1.89 bits per heavy atom. The molecule has 7 heteroatoms. The summed E-state index contributed by atoms with van der Waals surface area (Å²) in [6.45, 7) is 3.00. The summed E-state index contributed by atoms with van der Waals surface area (Å²) in [6, 6.07) is 12.6. The van der Waals surface area contributed by atoms with Crippen LogP contribution in [0.25, 0.3) is 11.4 Å². The van der Waals surface area contributed by atoms with Gasteiger partial charge in [0.05, 0.1) is 4.90 Å². The first-order chi connectivity index (χ1) is 13.1. The first kappa shape index (κ1) is 17.9. The van der Waals surface area contributed by atoms with Crippen molar-refractivity contribution in [1.29, 1.82) is 0 Å². The van der Waals surface area contributed by atoms with Crippen LogP contribution in [0.5, 0.6) is 0 Å². The Morgan fingerprint density at radius 1 is 1.07 bits per heavy atom. The summed E-state index contributed by atoms with van der Waals surface area (Å²) in [5.74, 6) is 0.838. The van der Waals surface area contributed by atoms with Crippen molar-refractivity contribution in [3.8, 4) is 11.4 Å². The minimum Gasteiger partial charge on any atom is -0.324 e. The molecule has 1 saturated heterocycles. The standard InChI is InChI=1S/C20H22N4O2S/c1-16-13-22-20(17-7-5-11-21-14-17)24(16)18-8-6-12-23(15-18)27(25,26)19-9-3-2-4-10-19/h2-5,7,9-11,13-14,18H,6,8,12,15H2,1H3. The van der Waals surface area contributed by atoms with E-state index in [1.807, 2.05) is 31.3 Å². The highest BCUT2D eigenvalue weighted by Crippen LogP contribution is 2.31. The largest absolute Gasteiger partial charge is 0.324 e. The molecule has 3 aromatic rings. The van der Waals surface area contributed by atoms with Crippen molar-refractivity contribution in [2.45, 2.75) is 30.7 Å². The molecule has 1 atom stereocenters. The molecule has 0 radical (unpaired) electrons. The maximum Gasteiger partial charge on any atom is 0.243 e. The van der Waals surface area contributed by atoms with E-state index >= 15 is 0 Å². The average Bonchev–Trinajstić information content (AvgIpc) is 3.11. The molecule has 6 nitrogen and oxygen atoms in total. The number of hydrogen-bond donors (Lipinski definition) is 0. The number of aromatic nitrogens is 3. The fraction of sp³-hybridized carbons (Fsp3) is 0.300. The number of aryl methyl sites for hydroxylation is 1. The topological polar surface area (TPSA) is 68.1 Å². The third-order valence-corrected chi connectivity index (χ3v) is 6.89. The molecule has 140 valence electrons. The van der Waals surface area contributed by atoms with Gasteiger partial charge in [-0.2, -0.15) is 4.31 Å². The molecular formula is C20H22N4O2S. The molecule has 0 aliphatic carbocycles. The minimum absolute atomic E-state index is 0.0509. The van der Waals surface area contributed by atoms with Gasteiger partial charge in [-0.1, -0.05) is 18.2 Å². The molecule has 1 aliphatic heterocycles. The Bertz CT molecular complexity index is 1020. The number of benzene rings is 1. The van der Waals surface area contributed by atoms with E-state index in [0.29, 0.717) is 18.0 Å². The Labute approximate surface area is 159 Å². The van der Waals surface area contributed by atoms with Crippen LogP contribution in [0, 0.1) is 6.92 Å². The van der Waals surface area contributed by atoms with Gasteiger partial charge in [0, 0.05) is 49.0 Å². The number of hydrogen-bond acceptors (Lipinski definition) is 4. The van der Waals surface area contributed by atoms with Gasteiger partial charge in [0.15, 0.2) is 0 Å². The van der Waals surface area contributed by atoms with Crippen LogP contribution in [0.3, 0.4) is 0 Å². The molecule has 1 aromatic carbocycles. The number of sulfonamides is 1. The maximum absolute atomic E-state index is 13.0. The van der Waals surface area contributed by atoms with Crippen LogP contribution in [-0.4, -0.2) is 40.3 Å². The molecule has 0 bridgehead atoms. The van der Waals surface area contributed by atoms with Gasteiger partial charge >= 0.3 is 0 Å². The molecule has 0 amide bonds. The second-order valence-corrected chi connectivity index (χ2v) is 8.74. The summed E-state index contributed by atoms with van der Waals surface area (Å²) in [4.78, 5) is 9.10. The zero-order valence-corrected chi connectivity index (χ0v) is 16.0. The molecule has 27 heavy (non-hydrogen) atoms. The zero-order valence-electron chi connectivity index (χ0n) is 15.2. The predicted molar refractivity (Wildman–Crippen MR) is 104 cm³/mol. The quantitative estimate of drug-likeness (QED) is 0.694. The van der Waals surface area contributed by atoms with Crippen LogP contribution in [0.4, 0.5) is 0 Å². The second-order valence-electron chi connectivity index (χ2n) is 6.81. The molecule has 0 N–H and O–H groups in total. The van der Waals surface area contributed by atoms with Crippen molar-refractivity contribution >= 4 is 10.0 Å². The van der Waals surface area contributed by atoms with Gasteiger partial charge in [-0.25, -0.2) is 13.4 Å². The number of rotatable bonds is 4. The van der Waals surface area contributed by atoms with E-state index in [9.17, 15) is 8.42 Å². The minimum atomic E-state index is -3.49. The molecule has 3 heterocycles. The Hall–Kier alpha value is -2.51. The van der Waals surface area contributed by atoms with Gasteiger partial charge < -0.3 is 4.57 Å². The fourth-order valence-corrected chi connectivity index (χ4v) is 5.24. The molecule has 0 saturated carbocycles. The van der Waals surface area contributed by atoms with Crippen molar-refractivity contribution in [3.63, 3.8) is 0 Å². The van der Waals surface area contributed by atoms with Gasteiger partial charge in [0.1, 0.15) is 5.82 Å². The molecule has 1 unspecified atom stereocenters. The summed E-state index contributed by atoms with van der Waals surface area (Å²) in [5.41, 5.74) is 1.96. The summed E-state index contributed by atoms with van der Waals surface area (Å²) >= 11 is 0. The number of piperidine rings is 1. The monoisotopic (exact) mass is 382 g/mol. The van der Waals surface area contributed by atoms with Crippen LogP contribution in [0.1, 0.15) is 24.6 Å². The summed E-state index contributed by atoms with van der Waals surface area (Å²) in [6.07, 6.45) is 7.11. The molecule has 1 fully saturated rings. The lowest BCUT2D eigenvalue weighted by Crippen LogP contribution is -2.41. The lowest BCUT2D eigenvalue weighted by atomic mass is 10.1. The van der Waals surface area contributed by atoms with E-state index in [1.54, 1.807) is 41.0 Å². The Morgan fingerprint density at radius 3 is 2.63 bits per heavy atom. The highest BCUT2D eigenvalue weighted by Gasteiger charge is 2.32. The zero-order chi connectivity index (χ0) is 18.9. The van der Waals surface area contributed by atoms with Crippen molar-refractivity contribution in [3.05, 3.63) is 66.7 Å². The highest BCUT2D eigenvalue weighted by atomic mass is 32.2. The molecule has 0 spiro atoms. The van der Waals surface area contributed by atoms with Crippen LogP contribution in [0.15, 0.2) is 66.0 Å². The van der Waals surface area contributed by atoms with Crippen LogP contribution < -0.4 is 0 Å². The van der Waals surface area contributed by atoms with E-state index in [-0.39, 0.29) is 6.04 Å². The Kier molecular flexibility index (Phi) is 4.80. The lowest BCUT2D eigenvalue weighted by molar-refractivity contribution is 0.266. The van der Waals surface area contributed by atoms with E-state index < -0.39 is 10.0 Å². The summed E-state index contributed by atoms with van der Waals surface area (Å²) < 4.78 is 29.8. The van der Waals surface area contributed by atoms with Crippen LogP contribution >= 0.6 is 0 Å². The van der Waals surface area contributed by atoms with Gasteiger partial charge in [0.2, 0.25) is 10.0 Å². The SMILES string of the molecule is Cc1cnc(-c2cccnc2)n1C1CCCN(S(=O)(=O)c2ccccc2)C1. The molecule has 2 aromatic heterocycles. The third-order valence-electron chi connectivity index (χ3n) is 5.01. The van der Waals surface area contributed by atoms with E-state index in [1.165, 1.54) is 0 Å². The van der Waals surface area contributed by atoms with Crippen molar-refractivity contribution < 1.29 is 8.42 Å². The first-order valence-electron chi connectivity index (χ1n) is 9.07. The van der Waals surface area contributed by atoms with E-state index in [0.717, 1.165) is 29.9 Å². The van der Waals surface area contributed by atoms with E-state index in [4.69, 9.17) is 0 Å². The summed E-state index contributed by atoms with van der Waals surface area (Å²) in [5, 5.41) is 0. The van der Waals surface area contributed by atoms with Crippen molar-refractivity contribution in [2.75, 3.05) is 13.1 Å². The smallest absolute Gasteiger partial charge is 0.243 e. The second kappa shape index (κ2) is 7.25. The van der Waals surface area contributed by atoms with Gasteiger partial charge in [-0.05, 0) is 44.0 Å². The number of nitrogens with zero attached hydrogens (tertiary/aromatic N) is 4. The fourth-order valence-electron chi connectivity index (χ4n) is 3.71. The predicted octanol–water partition coefficient (Wildman–Crippen LogP) is 3.28. The van der Waals surface area contributed by atoms with E-state index in [2.05, 4.69) is 14.5 Å². The normalized spacial score (nSPS) is 18.5. The number of pyridine rings is 1. The maximum atomic E-state index is 13.0. The molecule has 4 rings (SSSR count). The van der Waals surface area contributed by atoms with Crippen LogP contribution in [-0.2, 0) is 10.0 Å².